The van der Waals surface area contributed by atoms with Crippen molar-refractivity contribution in [2.24, 2.45) is 12.5 Å². The van der Waals surface area contributed by atoms with Crippen LogP contribution in [0.2, 0.25) is 0 Å². The number of aromatic nitrogens is 1. The molecule has 22 heavy (non-hydrogen) atoms. The van der Waals surface area contributed by atoms with Crippen LogP contribution in [0.15, 0.2) is 36.9 Å². The lowest BCUT2D eigenvalue weighted by Gasteiger charge is -2.37. The van der Waals surface area contributed by atoms with Gasteiger partial charge in [0.25, 0.3) is 0 Å². The predicted octanol–water partition coefficient (Wildman–Crippen LogP) is 3.17. The van der Waals surface area contributed by atoms with Gasteiger partial charge in [0, 0.05) is 23.6 Å². The number of benzene rings is 1. The van der Waals surface area contributed by atoms with Gasteiger partial charge in [-0.2, -0.15) is 0 Å². The van der Waals surface area contributed by atoms with Gasteiger partial charge in [-0.05, 0) is 37.1 Å². The molecular weight excluding hydrogens is 280 g/mol. The molecule has 1 aromatic heterocycles. The Morgan fingerprint density at radius 2 is 2.09 bits per heavy atom. The van der Waals surface area contributed by atoms with Crippen molar-refractivity contribution in [3.8, 4) is 0 Å². The molecule has 1 fully saturated rings. The summed E-state index contributed by atoms with van der Waals surface area (Å²) >= 11 is 0. The lowest BCUT2D eigenvalue weighted by Crippen LogP contribution is -2.40. The first-order chi connectivity index (χ1) is 10.5. The second kappa shape index (κ2) is 5.02. The number of anilines is 1. The van der Waals surface area contributed by atoms with Crippen LogP contribution >= 0.6 is 0 Å². The van der Waals surface area contributed by atoms with Crippen LogP contribution in [0.3, 0.4) is 0 Å². The molecule has 5 nitrogen and oxygen atoms in total. The molecule has 114 valence electrons. The van der Waals surface area contributed by atoms with Crippen molar-refractivity contribution in [2.45, 2.75) is 19.3 Å². The molecule has 1 aliphatic rings. The zero-order valence-corrected chi connectivity index (χ0v) is 12.4. The van der Waals surface area contributed by atoms with Crippen molar-refractivity contribution in [1.82, 2.24) is 4.57 Å². The van der Waals surface area contributed by atoms with Crippen LogP contribution in [-0.4, -0.2) is 21.6 Å². The lowest BCUT2D eigenvalue weighted by molar-refractivity contribution is -0.126. The fourth-order valence-electron chi connectivity index (χ4n) is 2.97. The Morgan fingerprint density at radius 1 is 1.36 bits per heavy atom. The van der Waals surface area contributed by atoms with Gasteiger partial charge < -0.3 is 15.0 Å². The van der Waals surface area contributed by atoms with Crippen LogP contribution in [0.1, 0.15) is 29.8 Å². The smallest absolute Gasteiger partial charge is 0.352 e. The molecule has 0 spiro atoms. The molecule has 3 rings (SSSR count). The summed E-state index contributed by atoms with van der Waals surface area (Å²) in [5.74, 6) is -1.01. The number of hydrogen-bond donors (Lipinski definition) is 2. The third kappa shape index (κ3) is 2.09. The Balaban J connectivity index is 1.91. The van der Waals surface area contributed by atoms with Gasteiger partial charge in [0.15, 0.2) is 0 Å². The highest BCUT2D eigenvalue weighted by molar-refractivity contribution is 6.00. The van der Waals surface area contributed by atoms with Crippen molar-refractivity contribution in [3.05, 3.63) is 42.6 Å². The van der Waals surface area contributed by atoms with E-state index in [1.54, 1.807) is 35.9 Å². The first-order valence-electron chi connectivity index (χ1n) is 7.25. The Bertz CT molecular complexity index is 785. The van der Waals surface area contributed by atoms with E-state index in [1.807, 2.05) is 6.07 Å². The fourth-order valence-corrected chi connectivity index (χ4v) is 2.97. The molecule has 0 atom stereocenters. The maximum Gasteiger partial charge on any atom is 0.352 e. The van der Waals surface area contributed by atoms with Crippen molar-refractivity contribution in [2.75, 3.05) is 5.32 Å². The second-order valence-corrected chi connectivity index (χ2v) is 5.84. The van der Waals surface area contributed by atoms with Crippen molar-refractivity contribution in [3.63, 3.8) is 0 Å². The van der Waals surface area contributed by atoms with Gasteiger partial charge in [-0.3, -0.25) is 4.79 Å². The number of rotatable bonds is 4. The number of carbonyl (C=O) groups excluding carboxylic acids is 1. The number of carboxylic acid groups (broad SMARTS) is 1. The molecular formula is C17H18N2O3. The summed E-state index contributed by atoms with van der Waals surface area (Å²) in [7, 11) is 1.71. The monoisotopic (exact) mass is 298 g/mol. The average molecular weight is 298 g/mol. The molecule has 5 heteroatoms. The standard InChI is InChI=1S/C17H18N2O3/c1-3-17(7-4-8-17)16(22)18-12-5-6-13-11(9-12)10-14(15(20)21)19(13)2/h3,5-6,9-10H,1,4,7-8H2,2H3,(H,18,22)(H,20,21). The van der Waals surface area contributed by atoms with E-state index in [-0.39, 0.29) is 11.6 Å². The third-order valence-corrected chi connectivity index (χ3v) is 4.61. The molecule has 0 bridgehead atoms. The van der Waals surface area contributed by atoms with Crippen molar-refractivity contribution in [1.29, 1.82) is 0 Å². The Hall–Kier alpha value is -2.56. The van der Waals surface area contributed by atoms with Gasteiger partial charge in [-0.15, -0.1) is 6.58 Å². The number of carboxylic acids is 1. The third-order valence-electron chi connectivity index (χ3n) is 4.61. The van der Waals surface area contributed by atoms with Crippen LogP contribution in [-0.2, 0) is 11.8 Å². The molecule has 1 aromatic carbocycles. The summed E-state index contributed by atoms with van der Waals surface area (Å²) < 4.78 is 1.63. The van der Waals surface area contributed by atoms with E-state index < -0.39 is 11.4 Å². The van der Waals surface area contributed by atoms with E-state index in [0.717, 1.165) is 30.2 Å². The minimum absolute atomic E-state index is 0.0394. The highest BCUT2D eigenvalue weighted by Crippen LogP contribution is 2.42. The zero-order chi connectivity index (χ0) is 15.9. The summed E-state index contributed by atoms with van der Waals surface area (Å²) in [6, 6.07) is 7.02. The van der Waals surface area contributed by atoms with Gasteiger partial charge in [0.05, 0.1) is 5.41 Å². The summed E-state index contributed by atoms with van der Waals surface area (Å²) in [4.78, 5) is 23.6. The quantitative estimate of drug-likeness (QED) is 0.852. The molecule has 1 heterocycles. The van der Waals surface area contributed by atoms with Gasteiger partial charge in [-0.1, -0.05) is 12.5 Å². The SMILES string of the molecule is C=CC1(C(=O)Nc2ccc3c(c2)cc(C(=O)O)n3C)CCC1. The number of amides is 1. The van der Waals surface area contributed by atoms with Crippen LogP contribution < -0.4 is 5.32 Å². The Kier molecular flexibility index (Phi) is 3.28. The van der Waals surface area contributed by atoms with Crippen LogP contribution in [0.4, 0.5) is 5.69 Å². The van der Waals surface area contributed by atoms with Gasteiger partial charge in [0.1, 0.15) is 5.69 Å². The lowest BCUT2D eigenvalue weighted by atomic mass is 9.68. The Morgan fingerprint density at radius 3 is 2.64 bits per heavy atom. The summed E-state index contributed by atoms with van der Waals surface area (Å²) in [5, 5.41) is 12.9. The van der Waals surface area contributed by atoms with E-state index in [9.17, 15) is 9.59 Å². The minimum Gasteiger partial charge on any atom is -0.477 e. The number of fused-ring (bicyclic) bond motifs is 1. The number of aromatic carboxylic acids is 1. The molecule has 0 aliphatic heterocycles. The number of nitrogens with zero attached hydrogens (tertiary/aromatic N) is 1. The average Bonchev–Trinajstić information content (AvgIpc) is 2.75. The number of carbonyl (C=O) groups is 2. The molecule has 1 saturated carbocycles. The molecule has 2 N–H and O–H groups in total. The normalized spacial score (nSPS) is 16.0. The van der Waals surface area contributed by atoms with E-state index in [4.69, 9.17) is 5.11 Å². The first kappa shape index (κ1) is 14.4. The van der Waals surface area contributed by atoms with Crippen LogP contribution in [0.25, 0.3) is 10.9 Å². The predicted molar refractivity (Wildman–Crippen MR) is 85.0 cm³/mol. The van der Waals surface area contributed by atoms with Crippen molar-refractivity contribution < 1.29 is 14.7 Å². The summed E-state index contributed by atoms with van der Waals surface area (Å²) in [5.41, 5.74) is 1.27. The topological polar surface area (TPSA) is 71.3 Å². The minimum atomic E-state index is -0.968. The maximum absolute atomic E-state index is 12.4. The van der Waals surface area contributed by atoms with Gasteiger partial charge in [-0.25, -0.2) is 4.79 Å². The first-order valence-corrected chi connectivity index (χ1v) is 7.25. The van der Waals surface area contributed by atoms with Gasteiger partial charge in [0.2, 0.25) is 5.91 Å². The van der Waals surface area contributed by atoms with Gasteiger partial charge >= 0.3 is 5.97 Å². The van der Waals surface area contributed by atoms with Crippen LogP contribution in [0.5, 0.6) is 0 Å². The highest BCUT2D eigenvalue weighted by Gasteiger charge is 2.41. The Labute approximate surface area is 128 Å². The molecule has 0 unspecified atom stereocenters. The van der Waals surface area contributed by atoms with E-state index >= 15 is 0 Å². The molecule has 1 amide bonds. The molecule has 0 saturated heterocycles. The summed E-state index contributed by atoms with van der Waals surface area (Å²) in [6.45, 7) is 3.77. The van der Waals surface area contributed by atoms with Crippen molar-refractivity contribution >= 4 is 28.5 Å². The number of aryl methyl sites for hydroxylation is 1. The van der Waals surface area contributed by atoms with E-state index in [2.05, 4.69) is 11.9 Å². The molecule has 1 aliphatic carbocycles. The van der Waals surface area contributed by atoms with E-state index in [1.165, 1.54) is 0 Å². The van der Waals surface area contributed by atoms with Crippen LogP contribution in [0, 0.1) is 5.41 Å². The van der Waals surface area contributed by atoms with E-state index in [0.29, 0.717) is 5.69 Å². The fraction of sp³-hybridized carbons (Fsp3) is 0.294. The summed E-state index contributed by atoms with van der Waals surface area (Å²) in [6.07, 6.45) is 4.44. The zero-order valence-electron chi connectivity index (χ0n) is 12.4. The maximum atomic E-state index is 12.4. The molecule has 0 radical (unpaired) electrons. The largest absolute Gasteiger partial charge is 0.477 e. The second-order valence-electron chi connectivity index (χ2n) is 5.84. The number of nitrogens with one attached hydrogen (secondary N) is 1. The highest BCUT2D eigenvalue weighted by atomic mass is 16.4. The molecule has 2 aromatic rings. The number of hydrogen-bond acceptors (Lipinski definition) is 2.